The van der Waals surface area contributed by atoms with E-state index in [-0.39, 0.29) is 18.3 Å². The van der Waals surface area contributed by atoms with Gasteiger partial charge in [-0.05, 0) is 26.0 Å². The second kappa shape index (κ2) is 7.92. The van der Waals surface area contributed by atoms with E-state index in [1.165, 1.54) is 30.2 Å². The summed E-state index contributed by atoms with van der Waals surface area (Å²) in [4.78, 5) is 35.2. The number of hydrogen-bond acceptors (Lipinski definition) is 5. The van der Waals surface area contributed by atoms with Crippen molar-refractivity contribution in [3.63, 3.8) is 0 Å². The van der Waals surface area contributed by atoms with Gasteiger partial charge in [-0.25, -0.2) is 0 Å². The fraction of sp³-hybridized carbons (Fsp3) is 0.333. The first-order chi connectivity index (χ1) is 10.4. The number of esters is 1. The maximum atomic E-state index is 12.2. The third-order valence-electron chi connectivity index (χ3n) is 2.97. The monoisotopic (exact) mass is 306 g/mol. The van der Waals surface area contributed by atoms with Gasteiger partial charge in [0.2, 0.25) is 5.91 Å². The number of carbonyl (C=O) groups is 2. The van der Waals surface area contributed by atoms with E-state index in [9.17, 15) is 19.7 Å². The molecule has 0 atom stereocenters. The molecule has 0 bridgehead atoms. The molecule has 0 saturated carbocycles. The summed E-state index contributed by atoms with van der Waals surface area (Å²) in [6, 6.07) is 5.89. The first-order valence-corrected chi connectivity index (χ1v) is 6.65. The topological polar surface area (TPSA) is 89.8 Å². The van der Waals surface area contributed by atoms with Crippen LogP contribution < -0.4 is 0 Å². The predicted molar refractivity (Wildman–Crippen MR) is 81.0 cm³/mol. The molecule has 0 heterocycles. The summed E-state index contributed by atoms with van der Waals surface area (Å²) >= 11 is 0. The van der Waals surface area contributed by atoms with E-state index in [1.54, 1.807) is 32.0 Å². The summed E-state index contributed by atoms with van der Waals surface area (Å²) in [5.41, 5.74) is 0.234. The highest BCUT2D eigenvalue weighted by Gasteiger charge is 2.19. The van der Waals surface area contributed by atoms with Crippen LogP contribution in [0.5, 0.6) is 0 Å². The number of methoxy groups -OCH3 is 1. The van der Waals surface area contributed by atoms with E-state index in [1.807, 2.05) is 0 Å². The van der Waals surface area contributed by atoms with Crippen LogP contribution in [0.1, 0.15) is 19.4 Å². The molecule has 0 spiro atoms. The van der Waals surface area contributed by atoms with E-state index < -0.39 is 16.8 Å². The number of para-hydroxylation sites is 1. The van der Waals surface area contributed by atoms with Crippen LogP contribution in [0.2, 0.25) is 0 Å². The molecular formula is C15H18N2O5. The van der Waals surface area contributed by atoms with E-state index in [0.717, 1.165) is 0 Å². The number of ether oxygens (including phenoxy) is 1. The Morgan fingerprint density at radius 1 is 1.36 bits per heavy atom. The first kappa shape index (κ1) is 17.4. The van der Waals surface area contributed by atoms with Crippen molar-refractivity contribution in [2.24, 2.45) is 0 Å². The van der Waals surface area contributed by atoms with Gasteiger partial charge in [-0.15, -0.1) is 0 Å². The lowest BCUT2D eigenvalue weighted by Crippen LogP contribution is -2.40. The zero-order valence-corrected chi connectivity index (χ0v) is 12.7. The predicted octanol–water partition coefficient (Wildman–Crippen LogP) is 2.02. The number of rotatable bonds is 6. The van der Waals surface area contributed by atoms with Gasteiger partial charge in [-0.1, -0.05) is 12.1 Å². The first-order valence-electron chi connectivity index (χ1n) is 6.65. The highest BCUT2D eigenvalue weighted by Crippen LogP contribution is 2.19. The van der Waals surface area contributed by atoms with Gasteiger partial charge in [0.1, 0.15) is 6.54 Å². The van der Waals surface area contributed by atoms with Gasteiger partial charge in [0.25, 0.3) is 5.69 Å². The molecule has 1 rings (SSSR count). The average molecular weight is 306 g/mol. The minimum Gasteiger partial charge on any atom is -0.468 e. The third kappa shape index (κ3) is 4.69. The second-order valence-electron chi connectivity index (χ2n) is 4.79. The Balaban J connectivity index is 2.94. The number of hydrogen-bond donors (Lipinski definition) is 0. The summed E-state index contributed by atoms with van der Waals surface area (Å²) in [7, 11) is 1.24. The highest BCUT2D eigenvalue weighted by atomic mass is 16.6. The Labute approximate surface area is 128 Å². The van der Waals surface area contributed by atoms with Crippen LogP contribution in [-0.2, 0) is 14.3 Å². The van der Waals surface area contributed by atoms with E-state index >= 15 is 0 Å². The fourth-order valence-corrected chi connectivity index (χ4v) is 1.77. The Morgan fingerprint density at radius 2 is 2.00 bits per heavy atom. The Morgan fingerprint density at radius 3 is 2.55 bits per heavy atom. The quantitative estimate of drug-likeness (QED) is 0.347. The standard InChI is InChI=1S/C15H18N2O5/c1-11(2)16(10-15(19)22-3)14(18)9-8-12-6-4-5-7-13(12)17(20)21/h4-9,11H,10H2,1-3H3/b9-8+. The Kier molecular flexibility index (Phi) is 6.25. The normalized spacial score (nSPS) is 10.7. The van der Waals surface area contributed by atoms with Gasteiger partial charge in [-0.3, -0.25) is 19.7 Å². The molecular weight excluding hydrogens is 288 g/mol. The van der Waals surface area contributed by atoms with Gasteiger partial charge >= 0.3 is 5.97 Å². The third-order valence-corrected chi connectivity index (χ3v) is 2.97. The van der Waals surface area contributed by atoms with Crippen molar-refractivity contribution in [2.75, 3.05) is 13.7 Å². The molecule has 22 heavy (non-hydrogen) atoms. The van der Waals surface area contributed by atoms with Crippen molar-refractivity contribution in [3.8, 4) is 0 Å². The van der Waals surface area contributed by atoms with E-state index in [0.29, 0.717) is 5.56 Å². The molecule has 0 aliphatic carbocycles. The fourth-order valence-electron chi connectivity index (χ4n) is 1.77. The number of carbonyl (C=O) groups excluding carboxylic acids is 2. The Hall–Kier alpha value is -2.70. The van der Waals surface area contributed by atoms with Gasteiger partial charge in [0.05, 0.1) is 17.6 Å². The summed E-state index contributed by atoms with van der Waals surface area (Å²) < 4.78 is 4.55. The number of amides is 1. The van der Waals surface area contributed by atoms with Crippen LogP contribution in [0.25, 0.3) is 6.08 Å². The zero-order chi connectivity index (χ0) is 16.7. The van der Waals surface area contributed by atoms with E-state index in [2.05, 4.69) is 4.74 Å². The van der Waals surface area contributed by atoms with Crippen molar-refractivity contribution in [1.82, 2.24) is 4.90 Å². The van der Waals surface area contributed by atoms with Crippen molar-refractivity contribution in [2.45, 2.75) is 19.9 Å². The van der Waals surface area contributed by atoms with Crippen LogP contribution in [0, 0.1) is 10.1 Å². The molecule has 0 N–H and O–H groups in total. The minimum absolute atomic E-state index is 0.0874. The number of nitro benzene ring substituents is 1. The number of benzene rings is 1. The molecule has 0 saturated heterocycles. The largest absolute Gasteiger partial charge is 0.468 e. The maximum absolute atomic E-state index is 12.2. The summed E-state index contributed by atoms with van der Waals surface area (Å²) in [6.45, 7) is 3.35. The van der Waals surface area contributed by atoms with Gasteiger partial charge in [0.15, 0.2) is 0 Å². The van der Waals surface area contributed by atoms with Crippen LogP contribution in [-0.4, -0.2) is 41.4 Å². The van der Waals surface area contributed by atoms with Gasteiger partial charge in [-0.2, -0.15) is 0 Å². The molecule has 1 aromatic rings. The molecule has 7 nitrogen and oxygen atoms in total. The maximum Gasteiger partial charge on any atom is 0.325 e. The van der Waals surface area contributed by atoms with Crippen molar-refractivity contribution in [3.05, 3.63) is 46.0 Å². The minimum atomic E-state index is -0.527. The van der Waals surface area contributed by atoms with Crippen LogP contribution >= 0.6 is 0 Å². The highest BCUT2D eigenvalue weighted by molar-refractivity contribution is 5.94. The SMILES string of the molecule is COC(=O)CN(C(=O)/C=C/c1ccccc1[N+](=O)[O-])C(C)C. The number of nitro groups is 1. The molecule has 1 aromatic carbocycles. The zero-order valence-electron chi connectivity index (χ0n) is 12.7. The van der Waals surface area contributed by atoms with E-state index in [4.69, 9.17) is 0 Å². The van der Waals surface area contributed by atoms with Crippen LogP contribution in [0.4, 0.5) is 5.69 Å². The molecule has 0 fully saturated rings. The van der Waals surface area contributed by atoms with Crippen LogP contribution in [0.15, 0.2) is 30.3 Å². The molecule has 0 aromatic heterocycles. The molecule has 0 unspecified atom stereocenters. The molecule has 0 radical (unpaired) electrons. The van der Waals surface area contributed by atoms with Gasteiger partial charge < -0.3 is 9.64 Å². The Bertz CT molecular complexity index is 595. The average Bonchev–Trinajstić information content (AvgIpc) is 2.49. The van der Waals surface area contributed by atoms with Gasteiger partial charge in [0, 0.05) is 18.2 Å². The smallest absolute Gasteiger partial charge is 0.325 e. The summed E-state index contributed by atoms with van der Waals surface area (Å²) in [6.07, 6.45) is 2.58. The molecule has 1 amide bonds. The molecule has 118 valence electrons. The summed E-state index contributed by atoms with van der Waals surface area (Å²) in [5, 5.41) is 10.9. The summed E-state index contributed by atoms with van der Waals surface area (Å²) in [5.74, 6) is -0.945. The number of nitrogens with zero attached hydrogens (tertiary/aromatic N) is 2. The van der Waals surface area contributed by atoms with Crippen molar-refractivity contribution < 1.29 is 19.2 Å². The second-order valence-corrected chi connectivity index (χ2v) is 4.79. The molecule has 0 aliphatic heterocycles. The lowest BCUT2D eigenvalue weighted by molar-refractivity contribution is -0.385. The van der Waals surface area contributed by atoms with Crippen molar-refractivity contribution >= 4 is 23.6 Å². The molecule has 0 aliphatic rings. The lowest BCUT2D eigenvalue weighted by Gasteiger charge is -2.23. The molecule has 7 heteroatoms. The van der Waals surface area contributed by atoms with Crippen LogP contribution in [0.3, 0.4) is 0 Å². The van der Waals surface area contributed by atoms with Crippen molar-refractivity contribution in [1.29, 1.82) is 0 Å². The lowest BCUT2D eigenvalue weighted by atomic mass is 10.1.